The van der Waals surface area contributed by atoms with Crippen molar-refractivity contribution in [1.82, 2.24) is 14.7 Å². The van der Waals surface area contributed by atoms with Crippen LogP contribution in [-0.4, -0.2) is 40.6 Å². The van der Waals surface area contributed by atoms with Crippen molar-refractivity contribution in [2.75, 3.05) is 19.4 Å². The fraction of sp³-hybridized carbons (Fsp3) is 0.267. The Morgan fingerprint density at radius 1 is 1.26 bits per heavy atom. The number of carbonyl (C=O) groups is 2. The molecule has 0 bridgehead atoms. The molecule has 122 valence electrons. The molecule has 0 spiro atoms. The predicted molar refractivity (Wildman–Crippen MR) is 90.4 cm³/mol. The van der Waals surface area contributed by atoms with Crippen LogP contribution >= 0.6 is 23.2 Å². The van der Waals surface area contributed by atoms with E-state index in [0.717, 1.165) is 0 Å². The van der Waals surface area contributed by atoms with Gasteiger partial charge in [-0.2, -0.15) is 5.10 Å². The highest BCUT2D eigenvalue weighted by atomic mass is 35.5. The van der Waals surface area contributed by atoms with Crippen molar-refractivity contribution < 1.29 is 9.59 Å². The van der Waals surface area contributed by atoms with Gasteiger partial charge in [0.25, 0.3) is 11.8 Å². The van der Waals surface area contributed by atoms with E-state index in [1.165, 1.54) is 15.6 Å². The largest absolute Gasteiger partial charge is 0.343 e. The van der Waals surface area contributed by atoms with Gasteiger partial charge in [0.1, 0.15) is 0 Å². The highest BCUT2D eigenvalue weighted by Crippen LogP contribution is 2.25. The van der Waals surface area contributed by atoms with Crippen molar-refractivity contribution in [3.8, 4) is 0 Å². The Kier molecular flexibility index (Phi) is 4.97. The summed E-state index contributed by atoms with van der Waals surface area (Å²) >= 11 is 11.9. The molecule has 0 aliphatic rings. The van der Waals surface area contributed by atoms with E-state index in [2.05, 4.69) is 10.4 Å². The van der Waals surface area contributed by atoms with E-state index in [9.17, 15) is 9.59 Å². The maximum Gasteiger partial charge on any atom is 0.276 e. The summed E-state index contributed by atoms with van der Waals surface area (Å²) in [5, 5.41) is 7.54. The van der Waals surface area contributed by atoms with Crippen LogP contribution in [0.2, 0.25) is 10.0 Å². The van der Waals surface area contributed by atoms with Crippen LogP contribution in [0.3, 0.4) is 0 Å². The Morgan fingerprint density at radius 2 is 1.91 bits per heavy atom. The van der Waals surface area contributed by atoms with Crippen molar-refractivity contribution >= 4 is 40.7 Å². The molecule has 0 unspecified atom stereocenters. The second-order valence-electron chi connectivity index (χ2n) is 5.21. The number of aromatic nitrogens is 2. The van der Waals surface area contributed by atoms with Gasteiger partial charge in [0.15, 0.2) is 5.69 Å². The molecule has 1 aromatic carbocycles. The monoisotopic (exact) mass is 354 g/mol. The first-order valence-corrected chi connectivity index (χ1v) is 7.49. The molecular formula is C15H16Cl2N4O2. The second kappa shape index (κ2) is 6.60. The number of amides is 2. The number of rotatable bonds is 3. The Hall–Kier alpha value is -2.05. The number of aryl methyl sites for hydroxylation is 1. The number of hydrogen-bond donors (Lipinski definition) is 1. The van der Waals surface area contributed by atoms with Gasteiger partial charge in [-0.05, 0) is 25.1 Å². The van der Waals surface area contributed by atoms with Crippen molar-refractivity contribution in [2.24, 2.45) is 7.05 Å². The first kappa shape index (κ1) is 17.3. The number of anilines is 1. The second-order valence-corrected chi connectivity index (χ2v) is 6.05. The van der Waals surface area contributed by atoms with Gasteiger partial charge in [-0.25, -0.2) is 0 Å². The smallest absolute Gasteiger partial charge is 0.276 e. The zero-order valence-electron chi connectivity index (χ0n) is 13.1. The van der Waals surface area contributed by atoms with Crippen molar-refractivity contribution in [2.45, 2.75) is 6.92 Å². The Balaban J connectivity index is 2.42. The fourth-order valence-corrected chi connectivity index (χ4v) is 2.35. The molecule has 0 radical (unpaired) electrons. The van der Waals surface area contributed by atoms with Crippen LogP contribution < -0.4 is 5.32 Å². The van der Waals surface area contributed by atoms with Crippen LogP contribution in [0.4, 0.5) is 5.69 Å². The Bertz CT molecular complexity index is 784. The third-order valence-electron chi connectivity index (χ3n) is 3.35. The summed E-state index contributed by atoms with van der Waals surface area (Å²) < 4.78 is 1.53. The van der Waals surface area contributed by atoms with E-state index in [4.69, 9.17) is 23.2 Å². The molecule has 1 aromatic heterocycles. The van der Waals surface area contributed by atoms with E-state index >= 15 is 0 Å². The minimum Gasteiger partial charge on any atom is -0.343 e. The molecule has 0 aliphatic heterocycles. The molecule has 0 atom stereocenters. The van der Waals surface area contributed by atoms with Gasteiger partial charge in [-0.15, -0.1) is 0 Å². The summed E-state index contributed by atoms with van der Waals surface area (Å²) in [4.78, 5) is 26.1. The Labute approximate surface area is 144 Å². The molecule has 6 nitrogen and oxygen atoms in total. The summed E-state index contributed by atoms with van der Waals surface area (Å²) in [5.41, 5.74) is 1.40. The lowest BCUT2D eigenvalue weighted by atomic mass is 10.2. The van der Waals surface area contributed by atoms with Crippen molar-refractivity contribution in [3.05, 3.63) is 45.2 Å². The summed E-state index contributed by atoms with van der Waals surface area (Å²) in [6, 6.07) is 4.61. The van der Waals surface area contributed by atoms with Crippen LogP contribution in [-0.2, 0) is 7.05 Å². The summed E-state index contributed by atoms with van der Waals surface area (Å²) in [6.45, 7) is 1.76. The Morgan fingerprint density at radius 3 is 2.52 bits per heavy atom. The normalized spacial score (nSPS) is 10.5. The van der Waals surface area contributed by atoms with Gasteiger partial charge in [0.2, 0.25) is 0 Å². The number of hydrogen-bond acceptors (Lipinski definition) is 3. The first-order valence-electron chi connectivity index (χ1n) is 6.74. The molecule has 0 saturated carbocycles. The molecule has 1 N–H and O–H groups in total. The number of nitrogens with zero attached hydrogens (tertiary/aromatic N) is 3. The maximum atomic E-state index is 12.5. The zero-order valence-corrected chi connectivity index (χ0v) is 14.7. The molecule has 0 saturated heterocycles. The van der Waals surface area contributed by atoms with Gasteiger partial charge < -0.3 is 10.2 Å². The highest BCUT2D eigenvalue weighted by molar-refractivity contribution is 6.36. The molecule has 8 heteroatoms. The SMILES string of the molecule is Cc1c(NC(=O)c2cc(Cl)ccc2Cl)c(C(=O)N(C)C)nn1C. The van der Waals surface area contributed by atoms with Gasteiger partial charge >= 0.3 is 0 Å². The van der Waals surface area contributed by atoms with E-state index in [1.54, 1.807) is 40.2 Å². The maximum absolute atomic E-state index is 12.5. The zero-order chi connectivity index (χ0) is 17.3. The van der Waals surface area contributed by atoms with Crippen LogP contribution in [0.1, 0.15) is 26.5 Å². The number of halogens is 2. The molecule has 23 heavy (non-hydrogen) atoms. The van der Waals surface area contributed by atoms with E-state index in [-0.39, 0.29) is 22.2 Å². The molecule has 2 amide bonds. The van der Waals surface area contributed by atoms with E-state index in [1.807, 2.05) is 0 Å². The lowest BCUT2D eigenvalue weighted by Gasteiger charge is -2.11. The van der Waals surface area contributed by atoms with Gasteiger partial charge in [0.05, 0.1) is 22.0 Å². The third-order valence-corrected chi connectivity index (χ3v) is 3.92. The number of nitrogens with one attached hydrogen (secondary N) is 1. The lowest BCUT2D eigenvalue weighted by molar-refractivity contribution is 0.0822. The fourth-order valence-electron chi connectivity index (χ4n) is 1.97. The number of benzene rings is 1. The average molecular weight is 355 g/mol. The predicted octanol–water partition coefficient (Wildman–Crippen LogP) is 2.99. The van der Waals surface area contributed by atoms with Gasteiger partial charge in [-0.3, -0.25) is 14.3 Å². The third kappa shape index (κ3) is 3.48. The van der Waals surface area contributed by atoms with Crippen LogP contribution in [0, 0.1) is 6.92 Å². The number of carbonyl (C=O) groups excluding carboxylic acids is 2. The van der Waals surface area contributed by atoms with Crippen molar-refractivity contribution in [1.29, 1.82) is 0 Å². The average Bonchev–Trinajstić information content (AvgIpc) is 2.77. The standard InChI is InChI=1S/C15H16Cl2N4O2/c1-8-12(13(19-21(8)4)15(23)20(2)3)18-14(22)10-7-9(16)5-6-11(10)17/h5-7H,1-4H3,(H,18,22). The van der Waals surface area contributed by atoms with Crippen LogP contribution in [0.25, 0.3) is 0 Å². The lowest BCUT2D eigenvalue weighted by Crippen LogP contribution is -2.24. The van der Waals surface area contributed by atoms with Gasteiger partial charge in [0, 0.05) is 26.2 Å². The van der Waals surface area contributed by atoms with E-state index in [0.29, 0.717) is 16.4 Å². The summed E-state index contributed by atoms with van der Waals surface area (Å²) in [6.07, 6.45) is 0. The molecule has 1 heterocycles. The quantitative estimate of drug-likeness (QED) is 0.921. The van der Waals surface area contributed by atoms with Crippen LogP contribution in [0.5, 0.6) is 0 Å². The first-order chi connectivity index (χ1) is 10.7. The molecular weight excluding hydrogens is 339 g/mol. The summed E-state index contributed by atoms with van der Waals surface area (Å²) in [7, 11) is 4.93. The molecule has 2 aromatic rings. The van der Waals surface area contributed by atoms with Crippen molar-refractivity contribution in [3.63, 3.8) is 0 Å². The minimum atomic E-state index is -0.457. The molecule has 2 rings (SSSR count). The minimum absolute atomic E-state index is 0.168. The topological polar surface area (TPSA) is 67.2 Å². The highest BCUT2D eigenvalue weighted by Gasteiger charge is 2.23. The summed E-state index contributed by atoms with van der Waals surface area (Å²) in [5.74, 6) is -0.761. The van der Waals surface area contributed by atoms with Crippen LogP contribution in [0.15, 0.2) is 18.2 Å². The van der Waals surface area contributed by atoms with Gasteiger partial charge in [-0.1, -0.05) is 23.2 Å². The molecule has 0 fully saturated rings. The molecule has 0 aliphatic carbocycles. The van der Waals surface area contributed by atoms with E-state index < -0.39 is 5.91 Å².